The van der Waals surface area contributed by atoms with Gasteiger partial charge in [-0.2, -0.15) is 14.4 Å². The Bertz CT molecular complexity index is 1250. The number of hydrogen-bond acceptors (Lipinski definition) is 4. The van der Waals surface area contributed by atoms with Crippen LogP contribution in [0.2, 0.25) is 0 Å². The van der Waals surface area contributed by atoms with Crippen LogP contribution in [0.4, 0.5) is 11.4 Å². The molecule has 1 atom stereocenters. The molecule has 0 spiro atoms. The zero-order valence-electron chi connectivity index (χ0n) is 18.2. The van der Waals surface area contributed by atoms with Gasteiger partial charge in [-0.25, -0.2) is 0 Å². The summed E-state index contributed by atoms with van der Waals surface area (Å²) in [6, 6.07) is 21.0. The van der Waals surface area contributed by atoms with Crippen LogP contribution in [-0.4, -0.2) is 19.3 Å². The molecule has 32 heavy (non-hydrogen) atoms. The normalized spacial score (nSPS) is 12.9. The highest BCUT2D eigenvalue weighted by atomic mass is 32.3. The first-order valence-electron chi connectivity index (χ1n) is 10.2. The topological polar surface area (TPSA) is 92.1 Å². The number of hydrogen-bond donors (Lipinski definition) is 3. The SMILES string of the molecule is Cc1nn(C)c(C)c1N[S+](=O)(O)c1ccc(CNc2ccc(-c3ccccn3)cc2)cc1. The zero-order valence-corrected chi connectivity index (χ0v) is 19.1. The number of aromatic nitrogens is 3. The van der Waals surface area contributed by atoms with Gasteiger partial charge in [0.2, 0.25) is 4.90 Å². The van der Waals surface area contributed by atoms with Crippen LogP contribution in [0, 0.1) is 13.8 Å². The molecule has 4 aromatic rings. The number of anilines is 2. The van der Waals surface area contributed by atoms with Gasteiger partial charge in [-0.15, -0.1) is 0 Å². The predicted molar refractivity (Wildman–Crippen MR) is 129 cm³/mol. The molecule has 0 aliphatic carbocycles. The Kier molecular flexibility index (Phi) is 6.07. The average Bonchev–Trinajstić information content (AvgIpc) is 3.04. The van der Waals surface area contributed by atoms with Crippen molar-refractivity contribution >= 4 is 21.8 Å². The molecule has 2 aromatic heterocycles. The van der Waals surface area contributed by atoms with Crippen LogP contribution in [0.1, 0.15) is 17.0 Å². The van der Waals surface area contributed by atoms with Gasteiger partial charge in [0.1, 0.15) is 5.69 Å². The lowest BCUT2D eigenvalue weighted by Gasteiger charge is -2.10. The van der Waals surface area contributed by atoms with Gasteiger partial charge in [0.25, 0.3) is 0 Å². The number of nitrogens with one attached hydrogen (secondary N) is 2. The van der Waals surface area contributed by atoms with Gasteiger partial charge in [0, 0.05) is 31.0 Å². The van der Waals surface area contributed by atoms with Crippen molar-refractivity contribution in [3.05, 3.63) is 89.9 Å². The van der Waals surface area contributed by atoms with E-state index in [0.717, 1.165) is 28.2 Å². The lowest BCUT2D eigenvalue weighted by molar-refractivity contribution is 0.502. The minimum Gasteiger partial charge on any atom is -0.381 e. The Hall–Kier alpha value is -3.49. The van der Waals surface area contributed by atoms with Crippen LogP contribution in [0.15, 0.2) is 77.8 Å². The number of aryl methyl sites for hydroxylation is 2. The quantitative estimate of drug-likeness (QED) is 0.343. The number of nitrogens with zero attached hydrogens (tertiary/aromatic N) is 3. The van der Waals surface area contributed by atoms with Gasteiger partial charge in [0.15, 0.2) is 0 Å². The van der Waals surface area contributed by atoms with Crippen molar-refractivity contribution in [3.8, 4) is 11.3 Å². The number of rotatable bonds is 7. The van der Waals surface area contributed by atoms with Crippen molar-refractivity contribution in [3.63, 3.8) is 0 Å². The van der Waals surface area contributed by atoms with E-state index < -0.39 is 10.4 Å². The molecule has 0 saturated heterocycles. The van der Waals surface area contributed by atoms with Crippen LogP contribution >= 0.6 is 0 Å². The van der Waals surface area contributed by atoms with Crippen LogP contribution in [0.3, 0.4) is 0 Å². The lowest BCUT2D eigenvalue weighted by atomic mass is 10.1. The van der Waals surface area contributed by atoms with E-state index in [1.54, 1.807) is 30.1 Å². The van der Waals surface area contributed by atoms with E-state index in [0.29, 0.717) is 22.8 Å². The summed E-state index contributed by atoms with van der Waals surface area (Å²) in [6.45, 7) is 4.27. The Morgan fingerprint density at radius 3 is 2.31 bits per heavy atom. The first-order valence-corrected chi connectivity index (χ1v) is 11.7. The largest absolute Gasteiger partial charge is 0.381 e. The van der Waals surface area contributed by atoms with E-state index in [2.05, 4.69) is 20.1 Å². The van der Waals surface area contributed by atoms with Crippen LogP contribution < -0.4 is 10.0 Å². The van der Waals surface area contributed by atoms with E-state index in [9.17, 15) is 8.76 Å². The van der Waals surface area contributed by atoms with Crippen LogP contribution in [-0.2, 0) is 28.2 Å². The Balaban J connectivity index is 1.40. The van der Waals surface area contributed by atoms with Gasteiger partial charge < -0.3 is 5.32 Å². The van der Waals surface area contributed by atoms with Crippen LogP contribution in [0.5, 0.6) is 0 Å². The minimum atomic E-state index is -3.44. The molecule has 0 amide bonds. The first kappa shape index (κ1) is 21.7. The molecule has 0 bridgehead atoms. The van der Waals surface area contributed by atoms with E-state index in [1.807, 2.05) is 68.4 Å². The highest BCUT2D eigenvalue weighted by Gasteiger charge is 2.31. The van der Waals surface area contributed by atoms with Gasteiger partial charge in [0.05, 0.1) is 17.1 Å². The molecule has 2 heterocycles. The fourth-order valence-corrected chi connectivity index (χ4v) is 4.60. The van der Waals surface area contributed by atoms with Crippen LogP contribution in [0.25, 0.3) is 11.3 Å². The maximum Gasteiger partial charge on any atom is 0.346 e. The fraction of sp³-hybridized carbons (Fsp3) is 0.167. The van der Waals surface area contributed by atoms with Gasteiger partial charge in [-0.05, 0) is 60.0 Å². The second kappa shape index (κ2) is 8.94. The highest BCUT2D eigenvalue weighted by molar-refractivity contribution is 7.99. The summed E-state index contributed by atoms with van der Waals surface area (Å²) < 4.78 is 27.9. The molecule has 3 N–H and O–H groups in total. The van der Waals surface area contributed by atoms with Crippen molar-refractivity contribution < 1.29 is 8.76 Å². The summed E-state index contributed by atoms with van der Waals surface area (Å²) >= 11 is 0. The van der Waals surface area contributed by atoms with Crippen molar-refractivity contribution in [2.45, 2.75) is 25.3 Å². The van der Waals surface area contributed by atoms with E-state index in [4.69, 9.17) is 0 Å². The molecule has 0 aliphatic rings. The van der Waals surface area contributed by atoms with Gasteiger partial charge in [-0.3, -0.25) is 9.67 Å². The second-order valence-corrected chi connectivity index (χ2v) is 9.31. The summed E-state index contributed by atoms with van der Waals surface area (Å²) in [6.07, 6.45) is 1.78. The smallest absolute Gasteiger partial charge is 0.346 e. The van der Waals surface area contributed by atoms with E-state index in [-0.39, 0.29) is 0 Å². The molecule has 7 nitrogen and oxygen atoms in total. The second-order valence-electron chi connectivity index (χ2n) is 7.59. The summed E-state index contributed by atoms with van der Waals surface area (Å²) in [5.41, 5.74) is 6.06. The standard InChI is InChI=1S/C24H25N5O2S/c1-17-24(18(2)29(3)27-17)28-32(30,31)22-13-7-19(8-14-22)16-26-21-11-9-20(10-12-21)23-6-4-5-15-25-23/h4-15,26H,16H2,1-3H3,(H-,28,30,31)/p+1. The van der Waals surface area contributed by atoms with Crippen molar-refractivity contribution in [1.82, 2.24) is 14.8 Å². The Morgan fingerprint density at radius 2 is 1.72 bits per heavy atom. The number of benzene rings is 2. The maximum absolute atomic E-state index is 12.9. The van der Waals surface area contributed by atoms with Crippen molar-refractivity contribution in [1.29, 1.82) is 0 Å². The van der Waals surface area contributed by atoms with E-state index >= 15 is 0 Å². The molecular formula is C24H26N5O2S+. The fourth-order valence-electron chi connectivity index (χ4n) is 3.41. The Labute approximate surface area is 188 Å². The highest BCUT2D eigenvalue weighted by Crippen LogP contribution is 2.26. The Morgan fingerprint density at radius 1 is 1.00 bits per heavy atom. The molecule has 0 saturated carbocycles. The lowest BCUT2D eigenvalue weighted by Crippen LogP contribution is -2.21. The molecule has 1 unspecified atom stereocenters. The molecule has 4 rings (SSSR count). The predicted octanol–water partition coefficient (Wildman–Crippen LogP) is 5.07. The summed E-state index contributed by atoms with van der Waals surface area (Å²) in [7, 11) is -1.63. The first-order chi connectivity index (χ1) is 15.3. The van der Waals surface area contributed by atoms with Gasteiger partial charge in [-0.1, -0.05) is 30.3 Å². The molecule has 2 aromatic carbocycles. The molecular weight excluding hydrogens is 422 g/mol. The minimum absolute atomic E-state index is 0.323. The average molecular weight is 449 g/mol. The summed E-state index contributed by atoms with van der Waals surface area (Å²) in [4.78, 5) is 4.69. The van der Waals surface area contributed by atoms with Crippen molar-refractivity contribution in [2.24, 2.45) is 7.05 Å². The maximum atomic E-state index is 12.9. The molecule has 8 heteroatoms. The molecule has 0 aliphatic heterocycles. The number of pyridine rings is 1. The summed E-state index contributed by atoms with van der Waals surface area (Å²) in [5.74, 6) is 0. The zero-order chi connectivity index (χ0) is 22.7. The van der Waals surface area contributed by atoms with Crippen molar-refractivity contribution in [2.75, 3.05) is 10.0 Å². The third-order valence-corrected chi connectivity index (χ3v) is 6.73. The monoisotopic (exact) mass is 448 g/mol. The van der Waals surface area contributed by atoms with Gasteiger partial charge >= 0.3 is 10.4 Å². The molecule has 0 radical (unpaired) electrons. The third-order valence-electron chi connectivity index (χ3n) is 5.33. The summed E-state index contributed by atoms with van der Waals surface area (Å²) in [5, 5.41) is 7.66. The third kappa shape index (κ3) is 4.71. The molecule has 164 valence electrons. The molecule has 0 fully saturated rings. The van der Waals surface area contributed by atoms with E-state index in [1.165, 1.54) is 0 Å².